The maximum Gasteiger partial charge on any atom is 0.406 e. The summed E-state index contributed by atoms with van der Waals surface area (Å²) in [7, 11) is 0. The third kappa shape index (κ3) is 5.04. The van der Waals surface area contributed by atoms with E-state index in [0.29, 0.717) is 22.8 Å². The number of morpholine rings is 1. The Balaban J connectivity index is 1.43. The van der Waals surface area contributed by atoms with Crippen molar-refractivity contribution >= 4 is 45.0 Å². The van der Waals surface area contributed by atoms with Crippen LogP contribution in [0.1, 0.15) is 19.7 Å². The van der Waals surface area contributed by atoms with E-state index < -0.39 is 24.4 Å². The van der Waals surface area contributed by atoms with Crippen molar-refractivity contribution in [3.8, 4) is 0 Å². The Kier molecular flexibility index (Phi) is 6.17. The zero-order valence-corrected chi connectivity index (χ0v) is 20.3. The number of aromatic nitrogens is 4. The number of imidazole rings is 1. The maximum absolute atomic E-state index is 13.5. The first-order chi connectivity index (χ1) is 17.0. The van der Waals surface area contributed by atoms with Crippen LogP contribution in [-0.4, -0.2) is 61.3 Å². The summed E-state index contributed by atoms with van der Waals surface area (Å²) in [5.74, 6) is -0.143. The zero-order valence-electron chi connectivity index (χ0n) is 19.6. The highest BCUT2D eigenvalue weighted by Crippen LogP contribution is 2.34. The summed E-state index contributed by atoms with van der Waals surface area (Å²) in [5.41, 5.74) is 1.39. The molecule has 0 radical (unpaired) electrons. The van der Waals surface area contributed by atoms with Crippen molar-refractivity contribution in [2.45, 2.75) is 44.8 Å². The van der Waals surface area contributed by atoms with Gasteiger partial charge in [0.25, 0.3) is 0 Å². The van der Waals surface area contributed by atoms with Crippen molar-refractivity contribution in [1.29, 1.82) is 0 Å². The molecule has 1 fully saturated rings. The minimum atomic E-state index is -4.39. The lowest BCUT2D eigenvalue weighted by molar-refractivity contribution is -0.147. The first-order valence-electron chi connectivity index (χ1n) is 11.3. The lowest BCUT2D eigenvalue weighted by Crippen LogP contribution is -2.57. The lowest BCUT2D eigenvalue weighted by Gasteiger charge is -2.42. The fourth-order valence-electron chi connectivity index (χ4n) is 4.61. The predicted molar refractivity (Wildman–Crippen MR) is 130 cm³/mol. The van der Waals surface area contributed by atoms with Crippen molar-refractivity contribution in [2.24, 2.45) is 0 Å². The first-order valence-corrected chi connectivity index (χ1v) is 11.7. The summed E-state index contributed by atoms with van der Waals surface area (Å²) in [6.07, 6.45) is 1.60. The minimum Gasteiger partial charge on any atom is -0.372 e. The number of hydrogen-bond acceptors (Lipinski definition) is 5. The average molecular weight is 521 g/mol. The SMILES string of the molecule is CC1(C)CN(Cc2nccn2CC(F)(F)F)C(C(=O)Nc2cc(Cl)cc3c2[nH]c2cnccc23)CO1. The number of alkyl halides is 3. The standard InChI is InChI=1S/C24H24ClF3N6O2/c1-23(2)12-34(10-20-30-5-6-33(20)13-24(26,27)28)19(11-36-23)22(35)32-17-8-14(25)7-16-15-3-4-29-9-18(15)31-21(16)17/h3-9,19,31H,10-13H2,1-2H3,(H,32,35). The van der Waals surface area contributed by atoms with Crippen molar-refractivity contribution in [3.63, 3.8) is 0 Å². The maximum atomic E-state index is 13.5. The molecule has 5 rings (SSSR count). The molecule has 36 heavy (non-hydrogen) atoms. The number of H-pyrrole nitrogens is 1. The first kappa shape index (κ1) is 24.5. The highest BCUT2D eigenvalue weighted by atomic mass is 35.5. The number of carbonyl (C=O) groups excluding carboxylic acids is 1. The van der Waals surface area contributed by atoms with Crippen LogP contribution in [0.3, 0.4) is 0 Å². The zero-order chi connectivity index (χ0) is 25.7. The quantitative estimate of drug-likeness (QED) is 0.396. The summed E-state index contributed by atoms with van der Waals surface area (Å²) in [4.78, 5) is 26.8. The number of amides is 1. The Hall–Kier alpha value is -3.15. The van der Waals surface area contributed by atoms with Crippen molar-refractivity contribution in [1.82, 2.24) is 24.4 Å². The average Bonchev–Trinajstić information content (AvgIpc) is 3.36. The van der Waals surface area contributed by atoms with Gasteiger partial charge in [0.05, 0.1) is 41.7 Å². The number of nitrogens with zero attached hydrogens (tertiary/aromatic N) is 4. The van der Waals surface area contributed by atoms with E-state index in [9.17, 15) is 18.0 Å². The molecular weight excluding hydrogens is 497 g/mol. The second-order valence-electron chi connectivity index (χ2n) is 9.49. The van der Waals surface area contributed by atoms with Gasteiger partial charge in [-0.1, -0.05) is 11.6 Å². The van der Waals surface area contributed by atoms with E-state index >= 15 is 0 Å². The molecule has 12 heteroatoms. The number of nitrogens with one attached hydrogen (secondary N) is 2. The number of ether oxygens (including phenoxy) is 1. The van der Waals surface area contributed by atoms with Crippen LogP contribution in [0, 0.1) is 0 Å². The number of rotatable bonds is 5. The van der Waals surface area contributed by atoms with Gasteiger partial charge in [0.15, 0.2) is 0 Å². The Morgan fingerprint density at radius 3 is 2.89 bits per heavy atom. The Labute approximate surface area is 209 Å². The Morgan fingerprint density at radius 1 is 1.31 bits per heavy atom. The normalized spacial score (nSPS) is 18.7. The molecule has 1 unspecified atom stereocenters. The Bertz CT molecular complexity index is 1430. The van der Waals surface area contributed by atoms with Crippen LogP contribution in [0.2, 0.25) is 5.02 Å². The van der Waals surface area contributed by atoms with E-state index in [1.165, 1.54) is 12.4 Å². The van der Waals surface area contributed by atoms with Gasteiger partial charge in [0.1, 0.15) is 18.4 Å². The number of fused-ring (bicyclic) bond motifs is 3. The summed E-state index contributed by atoms with van der Waals surface area (Å²) in [6.45, 7) is 3.04. The Morgan fingerprint density at radius 2 is 2.11 bits per heavy atom. The number of hydrogen-bond donors (Lipinski definition) is 2. The van der Waals surface area contributed by atoms with Gasteiger partial charge in [0.2, 0.25) is 5.91 Å². The molecule has 0 spiro atoms. The molecule has 4 heterocycles. The van der Waals surface area contributed by atoms with E-state index in [-0.39, 0.29) is 24.9 Å². The van der Waals surface area contributed by atoms with Crippen molar-refractivity contribution in [3.05, 3.63) is 53.8 Å². The van der Waals surface area contributed by atoms with E-state index in [4.69, 9.17) is 16.3 Å². The number of aromatic amines is 1. The van der Waals surface area contributed by atoms with Crippen LogP contribution in [0.15, 0.2) is 43.0 Å². The van der Waals surface area contributed by atoms with E-state index in [2.05, 4.69) is 20.3 Å². The smallest absolute Gasteiger partial charge is 0.372 e. The van der Waals surface area contributed by atoms with Crippen LogP contribution in [0.25, 0.3) is 21.8 Å². The lowest BCUT2D eigenvalue weighted by atomic mass is 10.0. The summed E-state index contributed by atoms with van der Waals surface area (Å²) >= 11 is 6.36. The van der Waals surface area contributed by atoms with Gasteiger partial charge in [0, 0.05) is 40.9 Å². The number of anilines is 1. The van der Waals surface area contributed by atoms with Crippen LogP contribution >= 0.6 is 11.6 Å². The second-order valence-corrected chi connectivity index (χ2v) is 9.93. The van der Waals surface area contributed by atoms with Crippen LogP contribution in [0.5, 0.6) is 0 Å². The molecule has 1 aromatic carbocycles. The third-order valence-electron chi connectivity index (χ3n) is 6.19. The fourth-order valence-corrected chi connectivity index (χ4v) is 4.82. The highest BCUT2D eigenvalue weighted by Gasteiger charge is 2.39. The molecule has 1 aliphatic rings. The topological polar surface area (TPSA) is 88.1 Å². The molecule has 3 aromatic heterocycles. The van der Waals surface area contributed by atoms with Gasteiger partial charge in [-0.15, -0.1) is 0 Å². The van der Waals surface area contributed by atoms with Gasteiger partial charge in [-0.05, 0) is 32.0 Å². The fraction of sp³-hybridized carbons (Fsp3) is 0.375. The molecule has 1 saturated heterocycles. The molecule has 8 nitrogen and oxygen atoms in total. The molecular formula is C24H24ClF3N6O2. The molecule has 1 aliphatic heterocycles. The van der Waals surface area contributed by atoms with E-state index in [1.807, 2.05) is 26.0 Å². The summed E-state index contributed by atoms with van der Waals surface area (Å²) < 4.78 is 46.0. The van der Waals surface area contributed by atoms with E-state index in [1.54, 1.807) is 23.4 Å². The highest BCUT2D eigenvalue weighted by molar-refractivity contribution is 6.33. The van der Waals surface area contributed by atoms with Gasteiger partial charge < -0.3 is 19.6 Å². The predicted octanol–water partition coefficient (Wildman–Crippen LogP) is 4.75. The number of carbonyl (C=O) groups is 1. The van der Waals surface area contributed by atoms with Crippen molar-refractivity contribution < 1.29 is 22.7 Å². The van der Waals surface area contributed by atoms with Crippen LogP contribution in [-0.2, 0) is 22.6 Å². The molecule has 190 valence electrons. The number of benzene rings is 1. The summed E-state index contributed by atoms with van der Waals surface area (Å²) in [5, 5.41) is 5.14. The van der Waals surface area contributed by atoms with Gasteiger partial charge in [-0.25, -0.2) is 4.98 Å². The summed E-state index contributed by atoms with van der Waals surface area (Å²) in [6, 6.07) is 4.56. The molecule has 0 aliphatic carbocycles. The van der Waals surface area contributed by atoms with Crippen LogP contribution < -0.4 is 5.32 Å². The molecule has 4 aromatic rings. The minimum absolute atomic E-state index is 0.0525. The van der Waals surface area contributed by atoms with Crippen LogP contribution in [0.4, 0.5) is 18.9 Å². The molecule has 1 atom stereocenters. The monoisotopic (exact) mass is 520 g/mol. The number of pyridine rings is 1. The second kappa shape index (κ2) is 9.06. The van der Waals surface area contributed by atoms with Gasteiger partial charge >= 0.3 is 6.18 Å². The molecule has 0 bridgehead atoms. The molecule has 2 N–H and O–H groups in total. The van der Waals surface area contributed by atoms with E-state index in [0.717, 1.165) is 20.9 Å². The largest absolute Gasteiger partial charge is 0.406 e. The van der Waals surface area contributed by atoms with Gasteiger partial charge in [-0.2, -0.15) is 13.2 Å². The third-order valence-corrected chi connectivity index (χ3v) is 6.41. The van der Waals surface area contributed by atoms with Crippen molar-refractivity contribution in [2.75, 3.05) is 18.5 Å². The number of halogens is 4. The van der Waals surface area contributed by atoms with Gasteiger partial charge in [-0.3, -0.25) is 14.7 Å². The molecule has 0 saturated carbocycles. The molecule has 1 amide bonds.